The first-order valence-electron chi connectivity index (χ1n) is 6.25. The Bertz CT molecular complexity index is 621. The lowest BCUT2D eigenvalue weighted by Crippen LogP contribution is -2.33. The van der Waals surface area contributed by atoms with Gasteiger partial charge >= 0.3 is 0 Å². The third kappa shape index (κ3) is 3.68. The predicted octanol–water partition coefficient (Wildman–Crippen LogP) is 2.95. The summed E-state index contributed by atoms with van der Waals surface area (Å²) in [6.07, 6.45) is 1.58. The first-order valence-corrected chi connectivity index (χ1v) is 6.66. The van der Waals surface area contributed by atoms with Crippen LogP contribution in [0.1, 0.15) is 16.9 Å². The molecule has 0 spiro atoms. The van der Waals surface area contributed by atoms with Crippen LogP contribution in [-0.4, -0.2) is 10.9 Å². The fraction of sp³-hybridized carbons (Fsp3) is 0.200. The number of anilines is 1. The molecule has 5 heteroatoms. The van der Waals surface area contributed by atoms with Crippen molar-refractivity contribution in [2.24, 2.45) is 0 Å². The summed E-state index contributed by atoms with van der Waals surface area (Å²) in [5.41, 5.74) is 2.92. The summed E-state index contributed by atoms with van der Waals surface area (Å²) in [4.78, 5) is 12.1. The van der Waals surface area contributed by atoms with E-state index in [1.165, 1.54) is 0 Å². The molecule has 0 fully saturated rings. The minimum Gasteiger partial charge on any atom is -0.467 e. The summed E-state index contributed by atoms with van der Waals surface area (Å²) in [5.74, 6) is 0.408. The third-order valence-corrected chi connectivity index (χ3v) is 3.17. The Labute approximate surface area is 123 Å². The zero-order valence-electron chi connectivity index (χ0n) is 11.4. The molecule has 0 bridgehead atoms. The van der Waals surface area contributed by atoms with Crippen LogP contribution in [0.4, 0.5) is 5.69 Å². The van der Waals surface area contributed by atoms with Crippen LogP contribution in [0.15, 0.2) is 41.0 Å². The highest BCUT2D eigenvalue weighted by Crippen LogP contribution is 2.15. The largest absolute Gasteiger partial charge is 0.467 e. The number of benzene rings is 1. The van der Waals surface area contributed by atoms with E-state index in [1.807, 2.05) is 38.1 Å². The molecule has 1 aromatic heterocycles. The van der Waals surface area contributed by atoms with E-state index in [0.717, 1.165) is 22.6 Å². The Hall–Kier alpha value is -2.14. The normalized spacial score (nSPS) is 10.1. The Morgan fingerprint density at radius 1 is 1.30 bits per heavy atom. The number of amides is 1. The second kappa shape index (κ2) is 6.34. The van der Waals surface area contributed by atoms with Crippen molar-refractivity contribution in [2.75, 3.05) is 5.32 Å². The van der Waals surface area contributed by atoms with Crippen LogP contribution in [0, 0.1) is 13.8 Å². The Morgan fingerprint density at radius 3 is 2.75 bits per heavy atom. The summed E-state index contributed by atoms with van der Waals surface area (Å²) in [5, 5.41) is 5.66. The number of nitrogens with one attached hydrogen (secondary N) is 2. The van der Waals surface area contributed by atoms with Gasteiger partial charge in [0.25, 0.3) is 5.91 Å². The summed E-state index contributed by atoms with van der Waals surface area (Å²) >= 11 is 5.05. The molecule has 2 N–H and O–H groups in total. The second-order valence-corrected chi connectivity index (χ2v) is 4.94. The molecule has 0 radical (unpaired) electrons. The molecule has 2 aromatic rings. The van der Waals surface area contributed by atoms with Crippen molar-refractivity contribution >= 4 is 28.8 Å². The number of hydrogen-bond donors (Lipinski definition) is 2. The van der Waals surface area contributed by atoms with Crippen molar-refractivity contribution in [1.29, 1.82) is 0 Å². The maximum absolute atomic E-state index is 12.0. The zero-order chi connectivity index (χ0) is 14.5. The van der Waals surface area contributed by atoms with Gasteiger partial charge in [0.2, 0.25) is 0 Å². The third-order valence-electron chi connectivity index (χ3n) is 2.84. The van der Waals surface area contributed by atoms with Crippen molar-refractivity contribution in [2.45, 2.75) is 20.4 Å². The lowest BCUT2D eigenvalue weighted by atomic mass is 10.1. The molecule has 1 heterocycles. The molecule has 0 saturated heterocycles. The minimum atomic E-state index is -0.321. The molecule has 1 amide bonds. The predicted molar refractivity (Wildman–Crippen MR) is 82.7 cm³/mol. The minimum absolute atomic E-state index is 0.140. The Kier molecular flexibility index (Phi) is 4.53. The number of carbonyl (C=O) groups excluding carboxylic acids is 1. The first-order chi connectivity index (χ1) is 9.56. The second-order valence-electron chi connectivity index (χ2n) is 4.53. The van der Waals surface area contributed by atoms with Gasteiger partial charge in [0.05, 0.1) is 12.8 Å². The summed E-state index contributed by atoms with van der Waals surface area (Å²) in [7, 11) is 0. The average Bonchev–Trinajstić information content (AvgIpc) is 2.92. The van der Waals surface area contributed by atoms with Gasteiger partial charge in [-0.15, -0.1) is 0 Å². The van der Waals surface area contributed by atoms with Gasteiger partial charge in [-0.25, -0.2) is 0 Å². The van der Waals surface area contributed by atoms with Gasteiger partial charge in [0.15, 0.2) is 4.99 Å². The average molecular weight is 288 g/mol. The van der Waals surface area contributed by atoms with Crippen molar-refractivity contribution in [3.05, 3.63) is 53.5 Å². The first kappa shape index (κ1) is 14.3. The van der Waals surface area contributed by atoms with Crippen LogP contribution in [0.25, 0.3) is 0 Å². The fourth-order valence-corrected chi connectivity index (χ4v) is 1.92. The SMILES string of the molecule is Cc1ccc(NC(=O)C(=S)NCc2ccco2)c(C)c1. The number of rotatable bonds is 3. The summed E-state index contributed by atoms with van der Waals surface area (Å²) < 4.78 is 5.16. The van der Waals surface area contributed by atoms with Gasteiger partial charge in [-0.05, 0) is 37.6 Å². The molecule has 2 rings (SSSR count). The molecule has 0 saturated carbocycles. The molecule has 0 unspecified atom stereocenters. The van der Waals surface area contributed by atoms with E-state index < -0.39 is 0 Å². The quantitative estimate of drug-likeness (QED) is 0.853. The maximum atomic E-state index is 12.0. The number of aryl methyl sites for hydroxylation is 2. The van der Waals surface area contributed by atoms with Gasteiger partial charge in [0.1, 0.15) is 5.76 Å². The van der Waals surface area contributed by atoms with E-state index in [9.17, 15) is 4.79 Å². The highest BCUT2D eigenvalue weighted by Gasteiger charge is 2.10. The van der Waals surface area contributed by atoms with Crippen molar-refractivity contribution < 1.29 is 9.21 Å². The standard InChI is InChI=1S/C15H16N2O2S/c1-10-5-6-13(11(2)8-10)17-14(18)15(20)16-9-12-4-3-7-19-12/h3-8H,9H2,1-2H3,(H,16,20)(H,17,18). The summed E-state index contributed by atoms with van der Waals surface area (Å²) in [6.45, 7) is 4.35. The number of thiocarbonyl (C=S) groups is 1. The van der Waals surface area contributed by atoms with E-state index in [-0.39, 0.29) is 10.9 Å². The van der Waals surface area contributed by atoms with Crippen molar-refractivity contribution in [3.8, 4) is 0 Å². The number of carbonyl (C=O) groups is 1. The van der Waals surface area contributed by atoms with Crippen LogP contribution in [0.5, 0.6) is 0 Å². The molecular formula is C15H16N2O2S. The van der Waals surface area contributed by atoms with Gasteiger partial charge in [0, 0.05) is 5.69 Å². The Morgan fingerprint density at radius 2 is 2.10 bits per heavy atom. The van der Waals surface area contributed by atoms with Gasteiger partial charge in [-0.1, -0.05) is 29.9 Å². The highest BCUT2D eigenvalue weighted by molar-refractivity contribution is 7.82. The topological polar surface area (TPSA) is 54.3 Å². The Balaban J connectivity index is 1.92. The van der Waals surface area contributed by atoms with Crippen LogP contribution < -0.4 is 10.6 Å². The van der Waals surface area contributed by atoms with Crippen LogP contribution in [-0.2, 0) is 11.3 Å². The maximum Gasteiger partial charge on any atom is 0.283 e. The van der Waals surface area contributed by atoms with E-state index in [1.54, 1.807) is 12.3 Å². The highest BCUT2D eigenvalue weighted by atomic mass is 32.1. The van der Waals surface area contributed by atoms with Gasteiger partial charge < -0.3 is 15.1 Å². The van der Waals surface area contributed by atoms with Crippen LogP contribution in [0.2, 0.25) is 0 Å². The number of furan rings is 1. The smallest absolute Gasteiger partial charge is 0.283 e. The van der Waals surface area contributed by atoms with E-state index >= 15 is 0 Å². The molecule has 0 aliphatic carbocycles. The van der Waals surface area contributed by atoms with Gasteiger partial charge in [-0.2, -0.15) is 0 Å². The van der Waals surface area contributed by atoms with Gasteiger partial charge in [-0.3, -0.25) is 4.79 Å². The molecule has 20 heavy (non-hydrogen) atoms. The van der Waals surface area contributed by atoms with Crippen molar-refractivity contribution in [3.63, 3.8) is 0 Å². The molecule has 104 valence electrons. The molecular weight excluding hydrogens is 272 g/mol. The van der Waals surface area contributed by atoms with Crippen LogP contribution >= 0.6 is 12.2 Å². The van der Waals surface area contributed by atoms with E-state index in [2.05, 4.69) is 10.6 Å². The molecule has 0 aliphatic rings. The summed E-state index contributed by atoms with van der Waals surface area (Å²) in [6, 6.07) is 9.43. The lowest BCUT2D eigenvalue weighted by molar-refractivity contribution is -0.110. The monoisotopic (exact) mass is 288 g/mol. The van der Waals surface area contributed by atoms with Crippen molar-refractivity contribution in [1.82, 2.24) is 5.32 Å². The van der Waals surface area contributed by atoms with E-state index in [4.69, 9.17) is 16.6 Å². The molecule has 4 nitrogen and oxygen atoms in total. The van der Waals surface area contributed by atoms with E-state index in [0.29, 0.717) is 6.54 Å². The fourth-order valence-electron chi connectivity index (χ4n) is 1.79. The molecule has 0 aliphatic heterocycles. The lowest BCUT2D eigenvalue weighted by Gasteiger charge is -2.10. The molecule has 0 atom stereocenters. The number of hydrogen-bond acceptors (Lipinski definition) is 3. The molecule has 1 aromatic carbocycles. The van der Waals surface area contributed by atoms with Crippen LogP contribution in [0.3, 0.4) is 0 Å². The zero-order valence-corrected chi connectivity index (χ0v) is 12.2.